The highest BCUT2D eigenvalue weighted by Gasteiger charge is 2.30. The van der Waals surface area contributed by atoms with Crippen LogP contribution in [0.2, 0.25) is 5.02 Å². The van der Waals surface area contributed by atoms with E-state index in [9.17, 15) is 22.8 Å². The van der Waals surface area contributed by atoms with Gasteiger partial charge in [0.2, 0.25) is 5.89 Å². The first kappa shape index (κ1) is 21.5. The summed E-state index contributed by atoms with van der Waals surface area (Å²) in [5.41, 5.74) is -0.170. The number of nitrogens with one attached hydrogen (secondary N) is 1. The van der Waals surface area contributed by atoms with Gasteiger partial charge in [0, 0.05) is 29.6 Å². The Bertz CT molecular complexity index is 1380. The van der Waals surface area contributed by atoms with Crippen molar-refractivity contribution in [2.45, 2.75) is 12.7 Å². The van der Waals surface area contributed by atoms with Crippen molar-refractivity contribution in [1.82, 2.24) is 19.3 Å². The van der Waals surface area contributed by atoms with Crippen LogP contribution in [0.4, 0.5) is 13.2 Å². The Morgan fingerprint density at radius 1 is 1.19 bits per heavy atom. The number of benzene rings is 2. The molecule has 0 aliphatic heterocycles. The number of rotatable bonds is 5. The maximum Gasteiger partial charge on any atom is 0.437 e. The molecule has 0 amide bonds. The Morgan fingerprint density at radius 3 is 2.50 bits per heavy atom. The van der Waals surface area contributed by atoms with Crippen molar-refractivity contribution in [2.75, 3.05) is 7.11 Å². The molecule has 0 bridgehead atoms. The number of H-pyrrole nitrogens is 1. The Balaban J connectivity index is 1.66. The standard InChI is InChI=1S/C20H14ClF3N4O4/c1-31-16-9-15(27-7-6-25-18(27)29)14(21)8-12(16)10-28-19(30)32-17(26-28)11-2-4-13(5-3-11)20(22,23)24/h2-9H,10H2,1H3,(H,25,29). The van der Waals surface area contributed by atoms with Crippen molar-refractivity contribution in [1.29, 1.82) is 0 Å². The van der Waals surface area contributed by atoms with Crippen molar-refractivity contribution in [2.24, 2.45) is 0 Å². The number of ether oxygens (including phenoxy) is 1. The van der Waals surface area contributed by atoms with E-state index in [0.29, 0.717) is 17.0 Å². The van der Waals surface area contributed by atoms with Gasteiger partial charge in [-0.3, -0.25) is 4.57 Å². The molecule has 166 valence electrons. The first-order chi connectivity index (χ1) is 15.2. The summed E-state index contributed by atoms with van der Waals surface area (Å²) in [5, 5.41) is 4.28. The van der Waals surface area contributed by atoms with Gasteiger partial charge in [0.1, 0.15) is 5.75 Å². The van der Waals surface area contributed by atoms with E-state index in [-0.39, 0.29) is 23.0 Å². The van der Waals surface area contributed by atoms with Crippen LogP contribution in [0, 0.1) is 0 Å². The molecule has 8 nitrogen and oxygen atoms in total. The molecule has 32 heavy (non-hydrogen) atoms. The third-order valence-electron chi connectivity index (χ3n) is 4.64. The zero-order chi connectivity index (χ0) is 23.0. The quantitative estimate of drug-likeness (QED) is 0.484. The summed E-state index contributed by atoms with van der Waals surface area (Å²) in [6, 6.07) is 7.14. The fourth-order valence-electron chi connectivity index (χ4n) is 3.08. The van der Waals surface area contributed by atoms with Crippen molar-refractivity contribution < 1.29 is 22.3 Å². The van der Waals surface area contributed by atoms with E-state index in [2.05, 4.69) is 10.1 Å². The molecular weight excluding hydrogens is 453 g/mol. The number of imidazole rings is 1. The monoisotopic (exact) mass is 466 g/mol. The number of hydrogen-bond donors (Lipinski definition) is 1. The van der Waals surface area contributed by atoms with Crippen LogP contribution >= 0.6 is 11.6 Å². The van der Waals surface area contributed by atoms with Crippen molar-refractivity contribution in [3.63, 3.8) is 0 Å². The molecule has 4 rings (SSSR count). The average molecular weight is 467 g/mol. The van der Waals surface area contributed by atoms with Gasteiger partial charge in [-0.15, -0.1) is 5.10 Å². The summed E-state index contributed by atoms with van der Waals surface area (Å²) in [6.45, 7) is -0.0891. The van der Waals surface area contributed by atoms with Crippen LogP contribution in [0.3, 0.4) is 0 Å². The van der Waals surface area contributed by atoms with Crippen LogP contribution in [0.1, 0.15) is 11.1 Å². The van der Waals surface area contributed by atoms with Gasteiger partial charge in [-0.1, -0.05) is 11.6 Å². The molecule has 0 saturated heterocycles. The minimum Gasteiger partial charge on any atom is -0.496 e. The summed E-state index contributed by atoms with van der Waals surface area (Å²) in [7, 11) is 1.41. The Kier molecular flexibility index (Phi) is 5.43. The lowest BCUT2D eigenvalue weighted by atomic mass is 10.1. The lowest BCUT2D eigenvalue weighted by molar-refractivity contribution is -0.137. The first-order valence-corrected chi connectivity index (χ1v) is 9.43. The third kappa shape index (κ3) is 4.06. The number of aromatic amines is 1. The number of halogens is 4. The average Bonchev–Trinajstić information content (AvgIpc) is 3.33. The second kappa shape index (κ2) is 8.08. The zero-order valence-electron chi connectivity index (χ0n) is 16.3. The normalized spacial score (nSPS) is 11.7. The van der Waals surface area contributed by atoms with Gasteiger partial charge in [-0.2, -0.15) is 17.9 Å². The van der Waals surface area contributed by atoms with Gasteiger partial charge >= 0.3 is 17.6 Å². The van der Waals surface area contributed by atoms with E-state index in [4.69, 9.17) is 20.8 Å². The van der Waals surface area contributed by atoms with Gasteiger partial charge < -0.3 is 14.1 Å². The number of methoxy groups -OCH3 is 1. The second-order valence-electron chi connectivity index (χ2n) is 6.66. The highest BCUT2D eigenvalue weighted by Crippen LogP contribution is 2.31. The number of hydrogen-bond acceptors (Lipinski definition) is 5. The summed E-state index contributed by atoms with van der Waals surface area (Å²) >= 11 is 6.33. The molecule has 0 unspecified atom stereocenters. The molecular formula is C20H14ClF3N4O4. The van der Waals surface area contributed by atoms with Crippen LogP contribution < -0.4 is 16.2 Å². The number of aromatic nitrogens is 4. The maximum atomic E-state index is 12.7. The molecule has 2 heterocycles. The Labute approximate surface area is 182 Å². The summed E-state index contributed by atoms with van der Waals surface area (Å²) in [6.07, 6.45) is -1.52. The minimum absolute atomic E-state index is 0.0891. The van der Waals surface area contributed by atoms with Crippen LogP contribution in [0.5, 0.6) is 5.75 Å². The van der Waals surface area contributed by atoms with Gasteiger partial charge in [0.15, 0.2) is 0 Å². The largest absolute Gasteiger partial charge is 0.496 e. The molecule has 0 atom stereocenters. The SMILES string of the molecule is COc1cc(-n2cc[nH]c2=O)c(Cl)cc1Cn1nc(-c2ccc(C(F)(F)F)cc2)oc1=O. The predicted octanol–water partition coefficient (Wildman–Crippen LogP) is 3.71. The zero-order valence-corrected chi connectivity index (χ0v) is 17.1. The highest BCUT2D eigenvalue weighted by atomic mass is 35.5. The van der Waals surface area contributed by atoms with Gasteiger partial charge in [0.05, 0.1) is 29.9 Å². The summed E-state index contributed by atoms with van der Waals surface area (Å²) < 4.78 is 51.0. The molecule has 0 radical (unpaired) electrons. The molecule has 0 spiro atoms. The van der Waals surface area contributed by atoms with Crippen LogP contribution in [-0.2, 0) is 12.7 Å². The van der Waals surface area contributed by atoms with Gasteiger partial charge in [-0.25, -0.2) is 9.59 Å². The summed E-state index contributed by atoms with van der Waals surface area (Å²) in [4.78, 5) is 26.6. The second-order valence-corrected chi connectivity index (χ2v) is 7.06. The smallest absolute Gasteiger partial charge is 0.437 e. The van der Waals surface area contributed by atoms with E-state index >= 15 is 0 Å². The summed E-state index contributed by atoms with van der Waals surface area (Å²) in [5.74, 6) is -0.614. The van der Waals surface area contributed by atoms with Gasteiger partial charge in [0.25, 0.3) is 0 Å². The molecule has 2 aromatic carbocycles. The van der Waals surface area contributed by atoms with E-state index in [1.165, 1.54) is 48.3 Å². The molecule has 4 aromatic rings. The van der Waals surface area contributed by atoms with Crippen LogP contribution in [-0.4, -0.2) is 26.4 Å². The van der Waals surface area contributed by atoms with Crippen LogP contribution in [0.15, 0.2) is 62.8 Å². The van der Waals surface area contributed by atoms with E-state index in [1.54, 1.807) is 0 Å². The fourth-order valence-corrected chi connectivity index (χ4v) is 3.36. The number of nitrogens with zero attached hydrogens (tertiary/aromatic N) is 3. The maximum absolute atomic E-state index is 12.7. The van der Waals surface area contributed by atoms with Crippen LogP contribution in [0.25, 0.3) is 17.1 Å². The lowest BCUT2D eigenvalue weighted by Gasteiger charge is -2.12. The molecule has 0 saturated carbocycles. The van der Waals surface area contributed by atoms with Crippen molar-refractivity contribution in [3.8, 4) is 22.9 Å². The van der Waals surface area contributed by atoms with Crippen molar-refractivity contribution >= 4 is 11.6 Å². The van der Waals surface area contributed by atoms with E-state index in [0.717, 1.165) is 16.8 Å². The molecule has 0 fully saturated rings. The van der Waals surface area contributed by atoms with Gasteiger partial charge in [-0.05, 0) is 30.3 Å². The third-order valence-corrected chi connectivity index (χ3v) is 4.95. The first-order valence-electron chi connectivity index (χ1n) is 9.06. The molecule has 0 aliphatic rings. The molecule has 12 heteroatoms. The molecule has 0 aliphatic carbocycles. The molecule has 2 aromatic heterocycles. The van der Waals surface area contributed by atoms with E-state index < -0.39 is 23.2 Å². The van der Waals surface area contributed by atoms with Crippen molar-refractivity contribution in [3.05, 3.63) is 86.0 Å². The fraction of sp³-hybridized carbons (Fsp3) is 0.150. The highest BCUT2D eigenvalue weighted by molar-refractivity contribution is 6.32. The Morgan fingerprint density at radius 2 is 1.91 bits per heavy atom. The minimum atomic E-state index is -4.48. The number of alkyl halides is 3. The predicted molar refractivity (Wildman–Crippen MR) is 108 cm³/mol. The molecule has 1 N–H and O–H groups in total. The topological polar surface area (TPSA) is 95.1 Å². The van der Waals surface area contributed by atoms with E-state index in [1.807, 2.05) is 0 Å². The lowest BCUT2D eigenvalue weighted by Crippen LogP contribution is -2.18. The Hall–Kier alpha value is -3.73.